The van der Waals surface area contributed by atoms with Crippen molar-refractivity contribution in [3.8, 4) is 50.7 Å². The molecule has 0 bridgehead atoms. The fourth-order valence-corrected chi connectivity index (χ4v) is 10.7. The molecule has 4 aromatic heterocycles. The average molecular weight is 846 g/mol. The van der Waals surface area contributed by atoms with E-state index < -0.39 is 0 Å². The van der Waals surface area contributed by atoms with Crippen LogP contribution in [-0.4, -0.2) is 23.7 Å². The van der Waals surface area contributed by atoms with Gasteiger partial charge in [-0.25, -0.2) is 9.97 Å². The summed E-state index contributed by atoms with van der Waals surface area (Å²) in [6.45, 7) is 6.29. The number of aryl methyl sites for hydroxylation is 3. The van der Waals surface area contributed by atoms with Crippen LogP contribution in [0.15, 0.2) is 206 Å². The smallest absolute Gasteiger partial charge is 0.159 e. The minimum absolute atomic E-state index is 0.705. The zero-order valence-electron chi connectivity index (χ0n) is 36.9. The third kappa shape index (κ3) is 5.87. The van der Waals surface area contributed by atoms with Gasteiger partial charge in [0.15, 0.2) is 5.82 Å². The molecule has 0 fully saturated rings. The Kier molecular flexibility index (Phi) is 8.49. The lowest BCUT2D eigenvalue weighted by Crippen LogP contribution is -2.04. The Morgan fingerprint density at radius 3 is 1.15 bits per heavy atom. The molecular formula is C61H43N5. The highest BCUT2D eigenvalue weighted by Crippen LogP contribution is 2.45. The second-order valence-electron chi connectivity index (χ2n) is 17.6. The topological polar surface area (TPSA) is 40.6 Å². The highest BCUT2D eigenvalue weighted by molar-refractivity contribution is 6.12. The van der Waals surface area contributed by atoms with Gasteiger partial charge in [0.25, 0.3) is 0 Å². The fraction of sp³-hybridized carbons (Fsp3) is 0.0492. The first-order valence-corrected chi connectivity index (χ1v) is 22.7. The number of para-hydroxylation sites is 5. The SMILES string of the molecule is Cc1ccc2c(c1)c1ccccc1n2-c1c(-c2cccc(-n3c4ccccc4c4ccccc43)c2)cc(-c2nc(C)cc(C)n2)cc1-c1cccc(-n2c3ccccc3c3ccccc32)c1. The molecular weight excluding hydrogens is 803 g/mol. The first kappa shape index (κ1) is 38.0. The van der Waals surface area contributed by atoms with Crippen LogP contribution in [0.3, 0.4) is 0 Å². The van der Waals surface area contributed by atoms with E-state index in [4.69, 9.17) is 9.97 Å². The Morgan fingerprint density at radius 1 is 0.303 bits per heavy atom. The standard InChI is InChI=1S/C61H43N5/c1-38-30-31-59-53(32-38)50-24-8-13-29-58(50)66(59)60-51(41-16-14-18-44(34-41)64-54-25-9-4-20-46(54)47-21-5-10-26-55(47)64)36-43(61-62-39(2)33-40(3)63-61)37-52(60)42-17-15-19-45(35-42)65-56-27-11-6-22-48(56)49-23-7-12-28-57(49)65/h4-37H,1-3H3. The van der Waals surface area contributed by atoms with E-state index in [1.807, 2.05) is 6.07 Å². The average Bonchev–Trinajstić information content (AvgIpc) is 3.99. The third-order valence-electron chi connectivity index (χ3n) is 13.4. The van der Waals surface area contributed by atoms with Gasteiger partial charge in [-0.2, -0.15) is 0 Å². The van der Waals surface area contributed by atoms with Crippen molar-refractivity contribution in [1.82, 2.24) is 23.7 Å². The van der Waals surface area contributed by atoms with Crippen LogP contribution >= 0.6 is 0 Å². The third-order valence-corrected chi connectivity index (χ3v) is 13.4. The molecule has 13 aromatic rings. The number of fused-ring (bicyclic) bond motifs is 9. The van der Waals surface area contributed by atoms with Crippen molar-refractivity contribution < 1.29 is 0 Å². The Morgan fingerprint density at radius 2 is 0.697 bits per heavy atom. The highest BCUT2D eigenvalue weighted by Gasteiger charge is 2.24. The largest absolute Gasteiger partial charge is 0.309 e. The van der Waals surface area contributed by atoms with E-state index in [2.05, 4.69) is 235 Å². The molecule has 0 aliphatic heterocycles. The van der Waals surface area contributed by atoms with Crippen LogP contribution in [0.4, 0.5) is 0 Å². The van der Waals surface area contributed by atoms with Crippen molar-refractivity contribution in [2.24, 2.45) is 0 Å². The van der Waals surface area contributed by atoms with Crippen molar-refractivity contribution in [1.29, 1.82) is 0 Å². The van der Waals surface area contributed by atoms with Crippen LogP contribution in [0.2, 0.25) is 0 Å². The van der Waals surface area contributed by atoms with E-state index in [9.17, 15) is 0 Å². The fourth-order valence-electron chi connectivity index (χ4n) is 10.7. The van der Waals surface area contributed by atoms with Crippen molar-refractivity contribution >= 4 is 65.4 Å². The zero-order chi connectivity index (χ0) is 44.0. The molecule has 0 aliphatic carbocycles. The van der Waals surface area contributed by atoms with Gasteiger partial charge in [-0.05, 0) is 117 Å². The van der Waals surface area contributed by atoms with Gasteiger partial charge in [-0.3, -0.25) is 0 Å². The van der Waals surface area contributed by atoms with Crippen LogP contribution in [0.1, 0.15) is 17.0 Å². The number of aromatic nitrogens is 5. The summed E-state index contributed by atoms with van der Waals surface area (Å²) in [6.07, 6.45) is 0. The predicted molar refractivity (Wildman–Crippen MR) is 276 cm³/mol. The summed E-state index contributed by atoms with van der Waals surface area (Å²) in [6, 6.07) is 75.4. The summed E-state index contributed by atoms with van der Waals surface area (Å²) in [5, 5.41) is 7.38. The van der Waals surface area contributed by atoms with Crippen molar-refractivity contribution in [2.45, 2.75) is 20.8 Å². The molecule has 9 aromatic carbocycles. The molecule has 312 valence electrons. The molecule has 0 amide bonds. The molecule has 0 saturated carbocycles. The Hall–Kier alpha value is -8.54. The first-order chi connectivity index (χ1) is 32.5. The van der Waals surface area contributed by atoms with Gasteiger partial charge in [0, 0.05) is 71.8 Å². The van der Waals surface area contributed by atoms with E-state index in [1.165, 1.54) is 59.9 Å². The van der Waals surface area contributed by atoms with Crippen LogP contribution in [0, 0.1) is 20.8 Å². The van der Waals surface area contributed by atoms with Gasteiger partial charge in [0.1, 0.15) is 0 Å². The normalized spacial score (nSPS) is 11.9. The van der Waals surface area contributed by atoms with E-state index in [0.717, 1.165) is 67.3 Å². The summed E-state index contributed by atoms with van der Waals surface area (Å²) in [7, 11) is 0. The molecule has 0 atom stereocenters. The summed E-state index contributed by atoms with van der Waals surface area (Å²) >= 11 is 0. The molecule has 0 radical (unpaired) electrons. The van der Waals surface area contributed by atoms with Gasteiger partial charge in [0.05, 0.1) is 38.8 Å². The van der Waals surface area contributed by atoms with E-state index in [-0.39, 0.29) is 0 Å². The predicted octanol–water partition coefficient (Wildman–Crippen LogP) is 15.7. The summed E-state index contributed by atoms with van der Waals surface area (Å²) in [4.78, 5) is 10.2. The molecule has 66 heavy (non-hydrogen) atoms. The molecule has 4 heterocycles. The number of hydrogen-bond acceptors (Lipinski definition) is 2. The van der Waals surface area contributed by atoms with Crippen LogP contribution < -0.4 is 0 Å². The molecule has 0 spiro atoms. The summed E-state index contributed by atoms with van der Waals surface area (Å²) in [5.74, 6) is 0.705. The first-order valence-electron chi connectivity index (χ1n) is 22.7. The van der Waals surface area contributed by atoms with Gasteiger partial charge in [-0.1, -0.05) is 127 Å². The van der Waals surface area contributed by atoms with Crippen LogP contribution in [0.5, 0.6) is 0 Å². The minimum Gasteiger partial charge on any atom is -0.309 e. The van der Waals surface area contributed by atoms with Crippen LogP contribution in [0.25, 0.3) is 116 Å². The second-order valence-corrected chi connectivity index (χ2v) is 17.6. The summed E-state index contributed by atoms with van der Waals surface area (Å²) in [5.41, 5.74) is 18.7. The lowest BCUT2D eigenvalue weighted by Gasteiger charge is -2.22. The maximum absolute atomic E-state index is 5.10. The monoisotopic (exact) mass is 845 g/mol. The molecule has 0 N–H and O–H groups in total. The van der Waals surface area contributed by atoms with Gasteiger partial charge >= 0.3 is 0 Å². The van der Waals surface area contributed by atoms with Crippen LogP contribution in [-0.2, 0) is 0 Å². The van der Waals surface area contributed by atoms with Gasteiger partial charge in [0.2, 0.25) is 0 Å². The Balaban J connectivity index is 1.16. The highest BCUT2D eigenvalue weighted by atomic mass is 15.0. The Bertz CT molecular complexity index is 3800. The maximum Gasteiger partial charge on any atom is 0.159 e. The minimum atomic E-state index is 0.705. The van der Waals surface area contributed by atoms with Crippen molar-refractivity contribution in [3.05, 3.63) is 223 Å². The van der Waals surface area contributed by atoms with E-state index in [1.54, 1.807) is 0 Å². The van der Waals surface area contributed by atoms with Gasteiger partial charge < -0.3 is 13.7 Å². The molecule has 5 nitrogen and oxygen atoms in total. The lowest BCUT2D eigenvalue weighted by molar-refractivity contribution is 1.06. The quantitative estimate of drug-likeness (QED) is 0.167. The molecule has 0 saturated heterocycles. The maximum atomic E-state index is 5.10. The van der Waals surface area contributed by atoms with Gasteiger partial charge in [-0.15, -0.1) is 0 Å². The number of nitrogens with zero attached hydrogens (tertiary/aromatic N) is 5. The number of hydrogen-bond donors (Lipinski definition) is 0. The number of benzene rings is 9. The molecule has 13 rings (SSSR count). The van der Waals surface area contributed by atoms with E-state index >= 15 is 0 Å². The molecule has 0 aliphatic rings. The van der Waals surface area contributed by atoms with E-state index in [0.29, 0.717) is 5.82 Å². The number of rotatable bonds is 6. The second kappa shape index (κ2) is 14.8. The summed E-state index contributed by atoms with van der Waals surface area (Å²) < 4.78 is 7.31. The van der Waals surface area contributed by atoms with Crippen molar-refractivity contribution in [2.75, 3.05) is 0 Å². The Labute approximate surface area is 382 Å². The van der Waals surface area contributed by atoms with Crippen molar-refractivity contribution in [3.63, 3.8) is 0 Å². The lowest BCUT2D eigenvalue weighted by atomic mass is 9.92. The molecule has 0 unspecified atom stereocenters. The molecule has 5 heteroatoms. The zero-order valence-corrected chi connectivity index (χ0v) is 36.9.